The van der Waals surface area contributed by atoms with Crippen molar-refractivity contribution >= 4 is 17.2 Å². The summed E-state index contributed by atoms with van der Waals surface area (Å²) in [5, 5.41) is 2.96. The first-order chi connectivity index (χ1) is 12.7. The second kappa shape index (κ2) is 7.38. The zero-order valence-corrected chi connectivity index (χ0v) is 15.5. The molecule has 0 spiro atoms. The molecule has 0 bridgehead atoms. The number of benzene rings is 1. The number of pyridine rings is 1. The molecule has 2 aromatic heterocycles. The van der Waals surface area contributed by atoms with Gasteiger partial charge >= 0.3 is 0 Å². The van der Waals surface area contributed by atoms with E-state index in [9.17, 15) is 4.79 Å². The van der Waals surface area contributed by atoms with E-state index >= 15 is 0 Å². The summed E-state index contributed by atoms with van der Waals surface area (Å²) < 4.78 is 0. The predicted octanol–water partition coefficient (Wildman–Crippen LogP) is 4.50. The first kappa shape index (κ1) is 16.9. The average molecular weight is 363 g/mol. The van der Waals surface area contributed by atoms with E-state index in [1.807, 2.05) is 58.8 Å². The van der Waals surface area contributed by atoms with Crippen molar-refractivity contribution in [2.45, 2.75) is 38.3 Å². The fraction of sp³-hybridized carbons (Fsp3) is 0.286. The van der Waals surface area contributed by atoms with Crippen LogP contribution in [0.25, 0.3) is 10.6 Å². The molecule has 3 aromatic rings. The van der Waals surface area contributed by atoms with Gasteiger partial charge in [0.25, 0.3) is 0 Å². The summed E-state index contributed by atoms with van der Waals surface area (Å²) in [6.07, 6.45) is 4.29. The largest absolute Gasteiger partial charge is 0.331 e. The van der Waals surface area contributed by atoms with Gasteiger partial charge in [0, 0.05) is 23.2 Å². The summed E-state index contributed by atoms with van der Waals surface area (Å²) in [4.78, 5) is 24.1. The van der Waals surface area contributed by atoms with Crippen molar-refractivity contribution in [3.05, 3.63) is 71.5 Å². The van der Waals surface area contributed by atoms with Crippen molar-refractivity contribution in [3.8, 4) is 10.6 Å². The van der Waals surface area contributed by atoms with Crippen LogP contribution in [-0.4, -0.2) is 26.8 Å². The minimum Gasteiger partial charge on any atom is -0.331 e. The SMILES string of the molecule is CC(c1ccccn1)N(C(=O)Cc1csc(-c2ccccc2)n1)C1CC1. The van der Waals surface area contributed by atoms with Crippen molar-refractivity contribution in [1.29, 1.82) is 0 Å². The predicted molar refractivity (Wildman–Crippen MR) is 104 cm³/mol. The Morgan fingerprint density at radius 1 is 1.19 bits per heavy atom. The Labute approximate surface area is 157 Å². The Morgan fingerprint density at radius 3 is 2.65 bits per heavy atom. The third kappa shape index (κ3) is 3.68. The van der Waals surface area contributed by atoms with Crippen LogP contribution in [0.5, 0.6) is 0 Å². The Bertz CT molecular complexity index is 875. The summed E-state index contributed by atoms with van der Waals surface area (Å²) in [5.41, 5.74) is 2.88. The number of thiazole rings is 1. The van der Waals surface area contributed by atoms with E-state index in [-0.39, 0.29) is 11.9 Å². The lowest BCUT2D eigenvalue weighted by Crippen LogP contribution is -2.37. The molecule has 4 rings (SSSR count). The smallest absolute Gasteiger partial charge is 0.229 e. The normalized spacial score (nSPS) is 14.8. The minimum atomic E-state index is -0.0107. The van der Waals surface area contributed by atoms with Crippen LogP contribution in [0.15, 0.2) is 60.1 Å². The molecule has 1 aromatic carbocycles. The first-order valence-corrected chi connectivity index (χ1v) is 9.82. The van der Waals surface area contributed by atoms with E-state index in [1.54, 1.807) is 17.5 Å². The van der Waals surface area contributed by atoms with Gasteiger partial charge in [-0.3, -0.25) is 9.78 Å². The lowest BCUT2D eigenvalue weighted by molar-refractivity contribution is -0.133. The van der Waals surface area contributed by atoms with Gasteiger partial charge in [-0.2, -0.15) is 0 Å². The van der Waals surface area contributed by atoms with E-state index in [1.165, 1.54) is 0 Å². The molecule has 1 aliphatic carbocycles. The van der Waals surface area contributed by atoms with Gasteiger partial charge in [-0.05, 0) is 31.9 Å². The molecule has 4 nitrogen and oxygen atoms in total. The molecule has 1 aliphatic rings. The van der Waals surface area contributed by atoms with E-state index in [0.29, 0.717) is 12.5 Å². The highest BCUT2D eigenvalue weighted by atomic mass is 32.1. The summed E-state index contributed by atoms with van der Waals surface area (Å²) in [6.45, 7) is 2.06. The van der Waals surface area contributed by atoms with E-state index in [2.05, 4.69) is 16.9 Å². The second-order valence-corrected chi connectivity index (χ2v) is 7.51. The Morgan fingerprint density at radius 2 is 1.96 bits per heavy atom. The molecule has 0 aliphatic heterocycles. The number of hydrogen-bond donors (Lipinski definition) is 0. The maximum atomic E-state index is 13.0. The highest BCUT2D eigenvalue weighted by Gasteiger charge is 2.36. The number of aromatic nitrogens is 2. The van der Waals surface area contributed by atoms with E-state index in [4.69, 9.17) is 0 Å². The monoisotopic (exact) mass is 363 g/mol. The van der Waals surface area contributed by atoms with Crippen LogP contribution in [0.3, 0.4) is 0 Å². The van der Waals surface area contributed by atoms with Gasteiger partial charge in [0.15, 0.2) is 0 Å². The molecule has 1 atom stereocenters. The second-order valence-electron chi connectivity index (χ2n) is 6.65. The molecule has 0 radical (unpaired) electrons. The molecule has 5 heteroatoms. The third-order valence-corrected chi connectivity index (χ3v) is 5.61. The molecule has 1 unspecified atom stereocenters. The molecular weight excluding hydrogens is 342 g/mol. The molecule has 0 saturated heterocycles. The molecule has 132 valence electrons. The van der Waals surface area contributed by atoms with Crippen LogP contribution < -0.4 is 0 Å². The van der Waals surface area contributed by atoms with Crippen molar-refractivity contribution in [3.63, 3.8) is 0 Å². The number of carbonyl (C=O) groups excluding carboxylic acids is 1. The summed E-state index contributed by atoms with van der Waals surface area (Å²) in [7, 11) is 0. The van der Waals surface area contributed by atoms with Crippen LogP contribution in [-0.2, 0) is 11.2 Å². The highest BCUT2D eigenvalue weighted by Crippen LogP contribution is 2.34. The van der Waals surface area contributed by atoms with Gasteiger partial charge in [-0.15, -0.1) is 11.3 Å². The zero-order chi connectivity index (χ0) is 17.9. The van der Waals surface area contributed by atoms with Crippen LogP contribution in [0.2, 0.25) is 0 Å². The lowest BCUT2D eigenvalue weighted by atomic mass is 10.1. The molecular formula is C21H21N3OS. The fourth-order valence-electron chi connectivity index (χ4n) is 3.20. The summed E-state index contributed by atoms with van der Waals surface area (Å²) in [6, 6.07) is 16.3. The van der Waals surface area contributed by atoms with Crippen molar-refractivity contribution < 1.29 is 4.79 Å². The quantitative estimate of drug-likeness (QED) is 0.648. The third-order valence-electron chi connectivity index (χ3n) is 4.67. The number of carbonyl (C=O) groups is 1. The van der Waals surface area contributed by atoms with Gasteiger partial charge in [0.1, 0.15) is 5.01 Å². The van der Waals surface area contributed by atoms with Gasteiger partial charge in [0.05, 0.1) is 23.9 Å². The number of amides is 1. The van der Waals surface area contributed by atoms with Gasteiger partial charge < -0.3 is 4.90 Å². The summed E-state index contributed by atoms with van der Waals surface area (Å²) in [5.74, 6) is 0.135. The van der Waals surface area contributed by atoms with Crippen molar-refractivity contribution in [2.24, 2.45) is 0 Å². The van der Waals surface area contributed by atoms with Gasteiger partial charge in [-0.25, -0.2) is 4.98 Å². The Kier molecular flexibility index (Phi) is 4.80. The minimum absolute atomic E-state index is 0.0107. The molecule has 1 saturated carbocycles. The Hall–Kier alpha value is -2.53. The van der Waals surface area contributed by atoms with Crippen LogP contribution in [0, 0.1) is 0 Å². The average Bonchev–Trinajstić information content (AvgIpc) is 3.40. The number of nitrogens with zero attached hydrogens (tertiary/aromatic N) is 3. The zero-order valence-electron chi connectivity index (χ0n) is 14.7. The molecule has 26 heavy (non-hydrogen) atoms. The van der Waals surface area contributed by atoms with Crippen LogP contribution in [0.1, 0.15) is 37.2 Å². The maximum Gasteiger partial charge on any atom is 0.229 e. The standard InChI is InChI=1S/C21H21N3OS/c1-15(19-9-5-6-12-22-19)24(18-10-11-18)20(25)13-17-14-26-21(23-17)16-7-3-2-4-8-16/h2-9,12,14-15,18H,10-11,13H2,1H3. The van der Waals surface area contributed by atoms with Crippen molar-refractivity contribution in [1.82, 2.24) is 14.9 Å². The highest BCUT2D eigenvalue weighted by molar-refractivity contribution is 7.13. The first-order valence-electron chi connectivity index (χ1n) is 8.94. The number of rotatable bonds is 6. The van der Waals surface area contributed by atoms with E-state index in [0.717, 1.165) is 34.8 Å². The van der Waals surface area contributed by atoms with Crippen molar-refractivity contribution in [2.75, 3.05) is 0 Å². The van der Waals surface area contributed by atoms with Crippen LogP contribution in [0.4, 0.5) is 0 Å². The lowest BCUT2D eigenvalue weighted by Gasteiger charge is -2.29. The molecule has 0 N–H and O–H groups in total. The van der Waals surface area contributed by atoms with Crippen LogP contribution >= 0.6 is 11.3 Å². The summed E-state index contributed by atoms with van der Waals surface area (Å²) >= 11 is 1.59. The Balaban J connectivity index is 1.50. The molecule has 2 heterocycles. The van der Waals surface area contributed by atoms with E-state index < -0.39 is 0 Å². The maximum absolute atomic E-state index is 13.0. The fourth-order valence-corrected chi connectivity index (χ4v) is 4.03. The van der Waals surface area contributed by atoms with Gasteiger partial charge in [0.2, 0.25) is 5.91 Å². The van der Waals surface area contributed by atoms with Gasteiger partial charge in [-0.1, -0.05) is 36.4 Å². The molecule has 1 amide bonds. The molecule has 1 fully saturated rings. The topological polar surface area (TPSA) is 46.1 Å². The number of hydrogen-bond acceptors (Lipinski definition) is 4.